The van der Waals surface area contributed by atoms with Crippen LogP contribution in [0.15, 0.2) is 11.4 Å². The number of rotatable bonds is 3. The molecule has 2 rings (SSSR count). The zero-order chi connectivity index (χ0) is 10.7. The molecule has 1 aromatic heterocycles. The Hall–Kier alpha value is -0.420. The molecule has 4 heteroatoms. The maximum atomic E-state index is 5.85. The molecule has 1 saturated heterocycles. The van der Waals surface area contributed by atoms with Gasteiger partial charge in [-0.3, -0.25) is 4.84 Å². The van der Waals surface area contributed by atoms with Gasteiger partial charge in [0, 0.05) is 18.0 Å². The molecule has 1 aliphatic heterocycles. The third kappa shape index (κ3) is 2.39. The summed E-state index contributed by atoms with van der Waals surface area (Å²) in [5.41, 5.74) is 7.17. The Balaban J connectivity index is 2.12. The third-order valence-corrected chi connectivity index (χ3v) is 3.93. The predicted octanol–water partition coefficient (Wildman–Crippen LogP) is 2.08. The lowest BCUT2D eigenvalue weighted by molar-refractivity contribution is -0.205. The van der Waals surface area contributed by atoms with E-state index in [9.17, 15) is 0 Å². The topological polar surface area (TPSA) is 38.5 Å². The van der Waals surface area contributed by atoms with E-state index in [4.69, 9.17) is 10.6 Å². The largest absolute Gasteiger partial charge is 0.328 e. The summed E-state index contributed by atoms with van der Waals surface area (Å²) in [6.07, 6.45) is 2.37. The van der Waals surface area contributed by atoms with Crippen LogP contribution in [0.4, 0.5) is 0 Å². The highest BCUT2D eigenvalue weighted by Gasteiger charge is 2.24. The Kier molecular flexibility index (Phi) is 3.75. The van der Waals surface area contributed by atoms with E-state index in [1.54, 1.807) is 11.3 Å². The molecule has 0 saturated carbocycles. The molecule has 84 valence electrons. The first-order chi connectivity index (χ1) is 7.33. The monoisotopic (exact) mass is 226 g/mol. The van der Waals surface area contributed by atoms with Gasteiger partial charge in [0.05, 0.1) is 12.6 Å². The van der Waals surface area contributed by atoms with Crippen molar-refractivity contribution in [3.63, 3.8) is 0 Å². The van der Waals surface area contributed by atoms with Crippen molar-refractivity contribution in [2.45, 2.75) is 25.8 Å². The minimum atomic E-state index is 0.241. The fourth-order valence-corrected chi connectivity index (χ4v) is 2.99. The smallest absolute Gasteiger partial charge is 0.0819 e. The number of hydrogen-bond donors (Lipinski definition) is 1. The van der Waals surface area contributed by atoms with Crippen LogP contribution in [0.5, 0.6) is 0 Å². The van der Waals surface area contributed by atoms with Crippen molar-refractivity contribution in [3.05, 3.63) is 21.9 Å². The summed E-state index contributed by atoms with van der Waals surface area (Å²) in [6, 6.07) is 2.39. The minimum absolute atomic E-state index is 0.241. The standard InChI is InChI=1S/C11H18N2OS/c1-9-4-7-15-11(9)10(8-12)13-5-2-3-6-14-13/h4,7,10H,2-3,5-6,8,12H2,1H3. The number of nitrogens with two attached hydrogens (primary N) is 1. The molecule has 1 fully saturated rings. The minimum Gasteiger partial charge on any atom is -0.328 e. The first-order valence-electron chi connectivity index (χ1n) is 5.46. The fourth-order valence-electron chi connectivity index (χ4n) is 1.94. The van der Waals surface area contributed by atoms with Gasteiger partial charge in [-0.2, -0.15) is 5.06 Å². The van der Waals surface area contributed by atoms with E-state index < -0.39 is 0 Å². The molecule has 0 amide bonds. The van der Waals surface area contributed by atoms with Gasteiger partial charge in [0.1, 0.15) is 0 Å². The summed E-state index contributed by atoms with van der Waals surface area (Å²) in [4.78, 5) is 7.02. The SMILES string of the molecule is Cc1ccsc1C(CN)N1CCCCO1. The van der Waals surface area contributed by atoms with Crippen molar-refractivity contribution in [2.75, 3.05) is 19.7 Å². The van der Waals surface area contributed by atoms with Crippen LogP contribution in [0, 0.1) is 6.92 Å². The lowest BCUT2D eigenvalue weighted by atomic mass is 10.1. The summed E-state index contributed by atoms with van der Waals surface area (Å²) >= 11 is 1.77. The Morgan fingerprint density at radius 1 is 1.60 bits per heavy atom. The highest BCUT2D eigenvalue weighted by Crippen LogP contribution is 2.29. The number of thiophene rings is 1. The average Bonchev–Trinajstić information content (AvgIpc) is 2.68. The van der Waals surface area contributed by atoms with Crippen molar-refractivity contribution in [3.8, 4) is 0 Å². The molecular formula is C11H18N2OS. The highest BCUT2D eigenvalue weighted by atomic mass is 32.1. The predicted molar refractivity (Wildman–Crippen MR) is 62.7 cm³/mol. The fraction of sp³-hybridized carbons (Fsp3) is 0.636. The molecule has 0 aromatic carbocycles. The van der Waals surface area contributed by atoms with Crippen LogP contribution in [-0.4, -0.2) is 24.8 Å². The molecule has 0 aliphatic carbocycles. The van der Waals surface area contributed by atoms with Crippen LogP contribution in [0.1, 0.15) is 29.3 Å². The maximum absolute atomic E-state index is 5.85. The van der Waals surface area contributed by atoms with Gasteiger partial charge >= 0.3 is 0 Å². The first kappa shape index (κ1) is 11.1. The van der Waals surface area contributed by atoms with E-state index in [1.165, 1.54) is 16.9 Å². The van der Waals surface area contributed by atoms with Crippen LogP contribution < -0.4 is 5.73 Å². The molecule has 1 aromatic rings. The molecule has 1 unspecified atom stereocenters. The van der Waals surface area contributed by atoms with E-state index >= 15 is 0 Å². The molecule has 1 atom stereocenters. The third-order valence-electron chi connectivity index (χ3n) is 2.81. The molecule has 2 N–H and O–H groups in total. The lowest BCUT2D eigenvalue weighted by Crippen LogP contribution is -2.37. The molecule has 0 radical (unpaired) electrons. The number of aryl methyl sites for hydroxylation is 1. The summed E-state index contributed by atoms with van der Waals surface area (Å²) in [6.45, 7) is 4.60. The van der Waals surface area contributed by atoms with Crippen LogP contribution >= 0.6 is 11.3 Å². The van der Waals surface area contributed by atoms with Gasteiger partial charge in [0.15, 0.2) is 0 Å². The summed E-state index contributed by atoms with van der Waals surface area (Å²) in [7, 11) is 0. The molecule has 0 bridgehead atoms. The lowest BCUT2D eigenvalue weighted by Gasteiger charge is -2.32. The Morgan fingerprint density at radius 2 is 2.47 bits per heavy atom. The van der Waals surface area contributed by atoms with E-state index in [2.05, 4.69) is 23.4 Å². The van der Waals surface area contributed by atoms with Gasteiger partial charge in [-0.05, 0) is 36.8 Å². The normalized spacial score (nSPS) is 20.4. The van der Waals surface area contributed by atoms with Crippen LogP contribution in [0.25, 0.3) is 0 Å². The first-order valence-corrected chi connectivity index (χ1v) is 6.34. The molecule has 1 aliphatic rings. The highest BCUT2D eigenvalue weighted by molar-refractivity contribution is 7.10. The van der Waals surface area contributed by atoms with E-state index in [-0.39, 0.29) is 6.04 Å². The van der Waals surface area contributed by atoms with Gasteiger partial charge in [0.25, 0.3) is 0 Å². The Labute approximate surface area is 94.8 Å². The second kappa shape index (κ2) is 5.07. The van der Waals surface area contributed by atoms with Gasteiger partial charge in [0.2, 0.25) is 0 Å². The summed E-state index contributed by atoms with van der Waals surface area (Å²) in [5.74, 6) is 0. The summed E-state index contributed by atoms with van der Waals surface area (Å²) in [5, 5.41) is 4.18. The van der Waals surface area contributed by atoms with Crippen LogP contribution in [0.2, 0.25) is 0 Å². The molecule has 2 heterocycles. The molecule has 3 nitrogen and oxygen atoms in total. The van der Waals surface area contributed by atoms with Crippen LogP contribution in [-0.2, 0) is 4.84 Å². The second-order valence-corrected chi connectivity index (χ2v) is 4.85. The van der Waals surface area contributed by atoms with Gasteiger partial charge < -0.3 is 5.73 Å². The Bertz CT molecular complexity index is 307. The maximum Gasteiger partial charge on any atom is 0.0819 e. The van der Waals surface area contributed by atoms with Gasteiger partial charge in [-0.15, -0.1) is 11.3 Å². The second-order valence-electron chi connectivity index (χ2n) is 3.90. The number of hydrogen-bond acceptors (Lipinski definition) is 4. The van der Waals surface area contributed by atoms with Gasteiger partial charge in [-0.25, -0.2) is 0 Å². The van der Waals surface area contributed by atoms with E-state index in [0.29, 0.717) is 6.54 Å². The van der Waals surface area contributed by atoms with Crippen molar-refractivity contribution >= 4 is 11.3 Å². The average molecular weight is 226 g/mol. The Morgan fingerprint density at radius 3 is 3.00 bits per heavy atom. The number of nitrogens with zero attached hydrogens (tertiary/aromatic N) is 1. The zero-order valence-electron chi connectivity index (χ0n) is 9.11. The van der Waals surface area contributed by atoms with Crippen molar-refractivity contribution in [1.29, 1.82) is 0 Å². The van der Waals surface area contributed by atoms with Gasteiger partial charge in [-0.1, -0.05) is 0 Å². The van der Waals surface area contributed by atoms with Crippen molar-refractivity contribution in [1.82, 2.24) is 5.06 Å². The van der Waals surface area contributed by atoms with E-state index in [1.807, 2.05) is 0 Å². The molecular weight excluding hydrogens is 208 g/mol. The van der Waals surface area contributed by atoms with Crippen LogP contribution in [0.3, 0.4) is 0 Å². The molecule has 15 heavy (non-hydrogen) atoms. The zero-order valence-corrected chi connectivity index (χ0v) is 9.93. The van der Waals surface area contributed by atoms with Crippen molar-refractivity contribution < 1.29 is 4.84 Å². The van der Waals surface area contributed by atoms with Crippen molar-refractivity contribution in [2.24, 2.45) is 5.73 Å². The molecule has 0 spiro atoms. The van der Waals surface area contributed by atoms with E-state index in [0.717, 1.165) is 19.6 Å². The number of hydroxylamine groups is 2. The quantitative estimate of drug-likeness (QED) is 0.857. The summed E-state index contributed by atoms with van der Waals surface area (Å²) < 4.78 is 0.